The van der Waals surface area contributed by atoms with E-state index in [1.165, 1.54) is 7.11 Å². The van der Waals surface area contributed by atoms with E-state index in [1.807, 2.05) is 18.2 Å². The number of hydrogen-bond donors (Lipinski definition) is 0. The Balaban J connectivity index is 2.13. The molecule has 0 radical (unpaired) electrons. The van der Waals surface area contributed by atoms with Gasteiger partial charge in [-0.25, -0.2) is 0 Å². The van der Waals surface area contributed by atoms with E-state index >= 15 is 0 Å². The second-order valence-electron chi connectivity index (χ2n) is 4.60. The molecule has 5 nitrogen and oxygen atoms in total. The maximum Gasteiger partial charge on any atom is 0.291 e. The highest BCUT2D eigenvalue weighted by atomic mass is 16.6. The number of ether oxygens (including phenoxy) is 2. The van der Waals surface area contributed by atoms with E-state index in [0.29, 0.717) is 22.6 Å². The summed E-state index contributed by atoms with van der Waals surface area (Å²) in [5, 5.41) is 11.4. The van der Waals surface area contributed by atoms with Crippen LogP contribution in [0.3, 0.4) is 0 Å². The number of nitro groups is 1. The van der Waals surface area contributed by atoms with E-state index in [4.69, 9.17) is 9.47 Å². The minimum atomic E-state index is -0.786. The standard InChI is InChI=1S/C16H13NO4/c1-20-15-9-5-3-7-12(15)16-13(17(18)19)10-11-6-2-4-8-14(11)21-16/h2-10,16H,1H3/t16-/m1/s1. The third-order valence-corrected chi connectivity index (χ3v) is 3.37. The van der Waals surface area contributed by atoms with Gasteiger partial charge in [-0.05, 0) is 12.1 Å². The fourth-order valence-corrected chi connectivity index (χ4v) is 2.38. The minimum absolute atomic E-state index is 0.00167. The summed E-state index contributed by atoms with van der Waals surface area (Å²) in [6, 6.07) is 14.4. The Labute approximate surface area is 121 Å². The van der Waals surface area contributed by atoms with Crippen molar-refractivity contribution in [3.8, 4) is 11.5 Å². The van der Waals surface area contributed by atoms with Gasteiger partial charge in [0, 0.05) is 17.2 Å². The molecular formula is C16H13NO4. The summed E-state index contributed by atoms with van der Waals surface area (Å²) in [5.74, 6) is 1.19. The first-order chi connectivity index (χ1) is 10.2. The second kappa shape index (κ2) is 5.28. The number of benzene rings is 2. The largest absolute Gasteiger partial charge is 0.496 e. The third-order valence-electron chi connectivity index (χ3n) is 3.37. The molecule has 0 bridgehead atoms. The summed E-state index contributed by atoms with van der Waals surface area (Å²) in [6.45, 7) is 0. The van der Waals surface area contributed by atoms with Crippen LogP contribution in [0, 0.1) is 10.1 Å². The Bertz CT molecular complexity index is 724. The van der Waals surface area contributed by atoms with Crippen molar-refractivity contribution in [2.24, 2.45) is 0 Å². The molecule has 1 aliphatic heterocycles. The van der Waals surface area contributed by atoms with E-state index in [1.54, 1.807) is 36.4 Å². The van der Waals surface area contributed by atoms with Gasteiger partial charge in [0.1, 0.15) is 11.5 Å². The summed E-state index contributed by atoms with van der Waals surface area (Å²) in [6.07, 6.45) is 0.765. The lowest BCUT2D eigenvalue weighted by molar-refractivity contribution is -0.434. The number of nitrogens with zero attached hydrogens (tertiary/aromatic N) is 1. The number of fused-ring (bicyclic) bond motifs is 1. The zero-order chi connectivity index (χ0) is 14.8. The van der Waals surface area contributed by atoms with Gasteiger partial charge in [0.25, 0.3) is 5.70 Å². The first-order valence-electron chi connectivity index (χ1n) is 6.45. The molecule has 0 unspecified atom stereocenters. The smallest absolute Gasteiger partial charge is 0.291 e. The summed E-state index contributed by atoms with van der Waals surface area (Å²) < 4.78 is 11.1. The lowest BCUT2D eigenvalue weighted by atomic mass is 10.0. The van der Waals surface area contributed by atoms with Crippen molar-refractivity contribution in [1.29, 1.82) is 0 Å². The van der Waals surface area contributed by atoms with Gasteiger partial charge in [-0.15, -0.1) is 0 Å². The van der Waals surface area contributed by atoms with Crippen LogP contribution in [0.4, 0.5) is 0 Å². The average Bonchev–Trinajstić information content (AvgIpc) is 2.53. The normalized spacial score (nSPS) is 16.4. The van der Waals surface area contributed by atoms with E-state index in [-0.39, 0.29) is 5.70 Å². The van der Waals surface area contributed by atoms with Crippen LogP contribution in [0.15, 0.2) is 54.2 Å². The van der Waals surface area contributed by atoms with Gasteiger partial charge in [0.15, 0.2) is 0 Å². The van der Waals surface area contributed by atoms with Crippen LogP contribution in [0.2, 0.25) is 0 Å². The topological polar surface area (TPSA) is 61.6 Å². The van der Waals surface area contributed by atoms with Crippen LogP contribution in [-0.4, -0.2) is 12.0 Å². The van der Waals surface area contributed by atoms with Crippen LogP contribution < -0.4 is 9.47 Å². The van der Waals surface area contributed by atoms with E-state index < -0.39 is 11.0 Å². The van der Waals surface area contributed by atoms with Crippen molar-refractivity contribution in [2.45, 2.75) is 6.10 Å². The molecule has 21 heavy (non-hydrogen) atoms. The molecule has 0 fully saturated rings. The first kappa shape index (κ1) is 13.2. The lowest BCUT2D eigenvalue weighted by Gasteiger charge is -2.23. The molecule has 0 saturated heterocycles. The molecule has 2 aromatic rings. The molecule has 5 heteroatoms. The van der Waals surface area contributed by atoms with Crippen molar-refractivity contribution in [2.75, 3.05) is 7.11 Å². The van der Waals surface area contributed by atoms with Gasteiger partial charge in [-0.3, -0.25) is 10.1 Å². The quantitative estimate of drug-likeness (QED) is 0.639. The van der Waals surface area contributed by atoms with Crippen molar-refractivity contribution >= 4 is 6.08 Å². The fraction of sp³-hybridized carbons (Fsp3) is 0.125. The summed E-state index contributed by atoms with van der Waals surface area (Å²) in [5.41, 5.74) is 1.34. The van der Waals surface area contributed by atoms with Gasteiger partial charge in [-0.2, -0.15) is 0 Å². The van der Waals surface area contributed by atoms with Crippen molar-refractivity contribution in [3.05, 3.63) is 75.5 Å². The molecule has 2 aromatic carbocycles. The summed E-state index contributed by atoms with van der Waals surface area (Å²) in [7, 11) is 1.53. The molecule has 1 aliphatic rings. The molecule has 0 N–H and O–H groups in total. The van der Waals surface area contributed by atoms with Gasteiger partial charge >= 0.3 is 0 Å². The molecule has 1 heterocycles. The second-order valence-corrected chi connectivity index (χ2v) is 4.60. The summed E-state index contributed by atoms with van der Waals surface area (Å²) >= 11 is 0. The Morgan fingerprint density at radius 1 is 1.14 bits per heavy atom. The van der Waals surface area contributed by atoms with Gasteiger partial charge in [-0.1, -0.05) is 36.4 Å². The molecule has 0 spiro atoms. The van der Waals surface area contributed by atoms with Crippen LogP contribution in [0.25, 0.3) is 6.08 Å². The van der Waals surface area contributed by atoms with Gasteiger partial charge < -0.3 is 9.47 Å². The van der Waals surface area contributed by atoms with Crippen molar-refractivity contribution in [3.63, 3.8) is 0 Å². The Morgan fingerprint density at radius 3 is 2.62 bits per heavy atom. The molecule has 3 rings (SSSR count). The lowest BCUT2D eigenvalue weighted by Crippen LogP contribution is -2.20. The summed E-state index contributed by atoms with van der Waals surface area (Å²) in [4.78, 5) is 11.0. The third kappa shape index (κ3) is 2.33. The zero-order valence-electron chi connectivity index (χ0n) is 11.4. The highest BCUT2D eigenvalue weighted by Gasteiger charge is 2.34. The number of para-hydroxylation sites is 2. The fourth-order valence-electron chi connectivity index (χ4n) is 2.38. The highest BCUT2D eigenvalue weighted by Crippen LogP contribution is 2.40. The number of hydrogen-bond acceptors (Lipinski definition) is 4. The number of methoxy groups -OCH3 is 1. The van der Waals surface area contributed by atoms with Gasteiger partial charge in [0.2, 0.25) is 6.10 Å². The predicted molar refractivity (Wildman–Crippen MR) is 77.8 cm³/mol. The Hall–Kier alpha value is -2.82. The molecule has 1 atom stereocenters. The Morgan fingerprint density at radius 2 is 1.86 bits per heavy atom. The SMILES string of the molecule is COc1ccccc1[C@H]1Oc2ccccc2C=C1[N+](=O)[O-]. The highest BCUT2D eigenvalue weighted by molar-refractivity contribution is 5.62. The van der Waals surface area contributed by atoms with Crippen molar-refractivity contribution in [1.82, 2.24) is 0 Å². The minimum Gasteiger partial charge on any atom is -0.496 e. The number of rotatable bonds is 3. The van der Waals surface area contributed by atoms with E-state index in [2.05, 4.69) is 0 Å². The molecular weight excluding hydrogens is 270 g/mol. The molecule has 106 valence electrons. The molecule has 0 aliphatic carbocycles. The average molecular weight is 283 g/mol. The first-order valence-corrected chi connectivity index (χ1v) is 6.45. The van der Waals surface area contributed by atoms with Crippen LogP contribution in [-0.2, 0) is 0 Å². The maximum atomic E-state index is 11.4. The molecule has 0 aromatic heterocycles. The molecule has 0 saturated carbocycles. The van der Waals surface area contributed by atoms with E-state index in [0.717, 1.165) is 0 Å². The van der Waals surface area contributed by atoms with Crippen LogP contribution in [0.5, 0.6) is 11.5 Å². The monoisotopic (exact) mass is 283 g/mol. The van der Waals surface area contributed by atoms with E-state index in [9.17, 15) is 10.1 Å². The maximum absolute atomic E-state index is 11.4. The van der Waals surface area contributed by atoms with Crippen LogP contribution in [0.1, 0.15) is 17.2 Å². The van der Waals surface area contributed by atoms with Crippen molar-refractivity contribution < 1.29 is 14.4 Å². The molecule has 0 amide bonds. The van der Waals surface area contributed by atoms with Gasteiger partial charge in [0.05, 0.1) is 12.0 Å². The zero-order valence-corrected chi connectivity index (χ0v) is 11.4. The Kier molecular flexibility index (Phi) is 3.31. The predicted octanol–water partition coefficient (Wildman–Crippen LogP) is 3.45. The van der Waals surface area contributed by atoms with Crippen LogP contribution >= 0.6 is 0 Å².